The van der Waals surface area contributed by atoms with Crippen LogP contribution >= 0.6 is 0 Å². The molecule has 1 rings (SSSR count). The van der Waals surface area contributed by atoms with Crippen LogP contribution in [-0.2, 0) is 7.05 Å². The molecule has 2 N–H and O–H groups in total. The van der Waals surface area contributed by atoms with Gasteiger partial charge in [0.2, 0.25) is 5.82 Å². The van der Waals surface area contributed by atoms with Crippen LogP contribution in [0.25, 0.3) is 0 Å². The highest BCUT2D eigenvalue weighted by Gasteiger charge is 2.26. The Kier molecular flexibility index (Phi) is 3.83. The molecule has 0 aliphatic carbocycles. The highest BCUT2D eigenvalue weighted by atomic mass is 16.6. The molecule has 0 saturated heterocycles. The molecule has 90 valence electrons. The van der Waals surface area contributed by atoms with E-state index in [1.54, 1.807) is 21.0 Å². The Morgan fingerprint density at radius 1 is 1.62 bits per heavy atom. The van der Waals surface area contributed by atoms with E-state index in [9.17, 15) is 10.1 Å². The summed E-state index contributed by atoms with van der Waals surface area (Å²) >= 11 is 0. The quantitative estimate of drug-likeness (QED) is 0.581. The molecule has 0 aromatic carbocycles. The lowest BCUT2D eigenvalue weighted by molar-refractivity contribution is -0.384. The number of nitro groups is 1. The summed E-state index contributed by atoms with van der Waals surface area (Å²) in [7, 11) is 3.51. The largest absolute Gasteiger partial charge is 0.354 e. The van der Waals surface area contributed by atoms with Crippen molar-refractivity contribution in [1.29, 1.82) is 0 Å². The van der Waals surface area contributed by atoms with Crippen LogP contribution in [0.15, 0.2) is 0 Å². The van der Waals surface area contributed by atoms with Gasteiger partial charge >= 0.3 is 5.69 Å². The summed E-state index contributed by atoms with van der Waals surface area (Å²) < 4.78 is 1.53. The second-order valence-electron chi connectivity index (χ2n) is 3.70. The van der Waals surface area contributed by atoms with Gasteiger partial charge in [0, 0.05) is 20.6 Å². The number of hydrogen-bond acceptors (Lipinski definition) is 5. The molecule has 16 heavy (non-hydrogen) atoms. The summed E-state index contributed by atoms with van der Waals surface area (Å²) in [6, 6.07) is 0. The topological polar surface area (TPSA) is 90.2 Å². The molecular formula is C9H17N5O2. The van der Waals surface area contributed by atoms with Gasteiger partial charge in [-0.05, 0) is 19.9 Å². The average Bonchev–Trinajstić information content (AvgIpc) is 2.50. The van der Waals surface area contributed by atoms with E-state index in [-0.39, 0.29) is 5.69 Å². The third-order valence-corrected chi connectivity index (χ3v) is 2.40. The lowest BCUT2D eigenvalue weighted by atomic mass is 10.3. The molecule has 1 aromatic heterocycles. The molecule has 0 unspecified atom stereocenters. The van der Waals surface area contributed by atoms with Crippen molar-refractivity contribution in [3.63, 3.8) is 0 Å². The Balaban J connectivity index is 3.06. The van der Waals surface area contributed by atoms with E-state index in [1.807, 2.05) is 4.90 Å². The summed E-state index contributed by atoms with van der Waals surface area (Å²) in [5, 5.41) is 15.0. The molecule has 1 heterocycles. The van der Waals surface area contributed by atoms with Gasteiger partial charge in [-0.25, -0.2) is 4.68 Å². The minimum atomic E-state index is -0.392. The van der Waals surface area contributed by atoms with Gasteiger partial charge in [0.25, 0.3) is 0 Å². The smallest absolute Gasteiger partial charge is 0.333 e. The maximum atomic E-state index is 10.9. The Bertz CT molecular complexity index is 387. The Morgan fingerprint density at radius 2 is 2.25 bits per heavy atom. The highest BCUT2D eigenvalue weighted by molar-refractivity contribution is 5.60. The van der Waals surface area contributed by atoms with Crippen LogP contribution in [0.4, 0.5) is 11.5 Å². The molecule has 0 atom stereocenters. The van der Waals surface area contributed by atoms with Crippen LogP contribution in [0.1, 0.15) is 12.1 Å². The van der Waals surface area contributed by atoms with Crippen molar-refractivity contribution in [2.45, 2.75) is 13.3 Å². The molecule has 0 fully saturated rings. The average molecular weight is 227 g/mol. The monoisotopic (exact) mass is 227 g/mol. The van der Waals surface area contributed by atoms with Gasteiger partial charge in [-0.1, -0.05) is 0 Å². The number of nitrogens with zero attached hydrogens (tertiary/aromatic N) is 4. The number of hydrogen-bond donors (Lipinski definition) is 1. The van der Waals surface area contributed by atoms with Crippen molar-refractivity contribution in [1.82, 2.24) is 9.78 Å². The van der Waals surface area contributed by atoms with E-state index >= 15 is 0 Å². The second-order valence-corrected chi connectivity index (χ2v) is 3.70. The molecule has 0 radical (unpaired) electrons. The summed E-state index contributed by atoms with van der Waals surface area (Å²) in [5.41, 5.74) is 5.92. The molecular weight excluding hydrogens is 210 g/mol. The van der Waals surface area contributed by atoms with E-state index in [0.29, 0.717) is 24.6 Å². The Labute approximate surface area is 94.0 Å². The van der Waals surface area contributed by atoms with Crippen LogP contribution < -0.4 is 10.6 Å². The zero-order valence-corrected chi connectivity index (χ0v) is 9.80. The second kappa shape index (κ2) is 4.93. The number of anilines is 1. The molecule has 1 aromatic rings. The summed E-state index contributed by atoms with van der Waals surface area (Å²) in [6.07, 6.45) is 0.790. The Hall–Kier alpha value is -1.63. The van der Waals surface area contributed by atoms with Crippen LogP contribution in [-0.4, -0.2) is 34.8 Å². The van der Waals surface area contributed by atoms with Crippen molar-refractivity contribution >= 4 is 11.5 Å². The van der Waals surface area contributed by atoms with Gasteiger partial charge in [-0.15, -0.1) is 0 Å². The van der Waals surface area contributed by atoms with Gasteiger partial charge < -0.3 is 10.6 Å². The number of aryl methyl sites for hydroxylation is 2. The van der Waals surface area contributed by atoms with E-state index in [4.69, 9.17) is 5.73 Å². The molecule has 0 saturated carbocycles. The zero-order chi connectivity index (χ0) is 12.3. The number of nitrogens with two attached hydrogens (primary N) is 1. The summed E-state index contributed by atoms with van der Waals surface area (Å²) in [4.78, 5) is 12.4. The fourth-order valence-corrected chi connectivity index (χ4v) is 1.71. The van der Waals surface area contributed by atoms with Crippen LogP contribution in [0.5, 0.6) is 0 Å². The lowest BCUT2D eigenvalue weighted by Gasteiger charge is -2.17. The fourth-order valence-electron chi connectivity index (χ4n) is 1.71. The van der Waals surface area contributed by atoms with Gasteiger partial charge in [-0.2, -0.15) is 5.10 Å². The standard InChI is InChI=1S/C9H17N5O2/c1-7-8(14(15)16)9(13(3)11-7)12(2)6-4-5-10/h4-6,10H2,1-3H3. The van der Waals surface area contributed by atoms with Crippen LogP contribution in [0.2, 0.25) is 0 Å². The predicted molar refractivity (Wildman–Crippen MR) is 61.5 cm³/mol. The lowest BCUT2D eigenvalue weighted by Crippen LogP contribution is -2.24. The first-order valence-corrected chi connectivity index (χ1v) is 5.08. The van der Waals surface area contributed by atoms with E-state index in [0.717, 1.165) is 6.42 Å². The van der Waals surface area contributed by atoms with E-state index in [1.165, 1.54) is 4.68 Å². The van der Waals surface area contributed by atoms with Gasteiger partial charge in [0.05, 0.1) is 4.92 Å². The Morgan fingerprint density at radius 3 is 2.75 bits per heavy atom. The van der Waals surface area contributed by atoms with Crippen molar-refractivity contribution in [2.24, 2.45) is 12.8 Å². The minimum absolute atomic E-state index is 0.0713. The summed E-state index contributed by atoms with van der Waals surface area (Å²) in [6.45, 7) is 2.88. The van der Waals surface area contributed by atoms with E-state index in [2.05, 4.69) is 5.10 Å². The van der Waals surface area contributed by atoms with Crippen molar-refractivity contribution in [3.8, 4) is 0 Å². The van der Waals surface area contributed by atoms with Crippen molar-refractivity contribution < 1.29 is 4.92 Å². The van der Waals surface area contributed by atoms with E-state index < -0.39 is 4.92 Å². The molecule has 0 aliphatic rings. The third kappa shape index (κ3) is 2.30. The first-order valence-electron chi connectivity index (χ1n) is 5.08. The maximum absolute atomic E-state index is 10.9. The third-order valence-electron chi connectivity index (χ3n) is 2.40. The van der Waals surface area contributed by atoms with Crippen LogP contribution in [0, 0.1) is 17.0 Å². The molecule has 0 bridgehead atoms. The molecule has 0 aliphatic heterocycles. The van der Waals surface area contributed by atoms with Crippen molar-refractivity contribution in [3.05, 3.63) is 15.8 Å². The predicted octanol–water partition coefficient (Wildman–Crippen LogP) is 0.422. The highest BCUT2D eigenvalue weighted by Crippen LogP contribution is 2.29. The SMILES string of the molecule is Cc1nn(C)c(N(C)CCCN)c1[N+](=O)[O-]. The van der Waals surface area contributed by atoms with Gasteiger partial charge in [0.15, 0.2) is 0 Å². The fraction of sp³-hybridized carbons (Fsp3) is 0.667. The first-order chi connectivity index (χ1) is 7.49. The number of rotatable bonds is 5. The zero-order valence-electron chi connectivity index (χ0n) is 9.80. The maximum Gasteiger partial charge on any atom is 0.333 e. The number of aromatic nitrogens is 2. The normalized spacial score (nSPS) is 10.5. The summed E-state index contributed by atoms with van der Waals surface area (Å²) in [5.74, 6) is 0.524. The van der Waals surface area contributed by atoms with Crippen LogP contribution in [0.3, 0.4) is 0 Å². The van der Waals surface area contributed by atoms with Crippen molar-refractivity contribution in [2.75, 3.05) is 25.0 Å². The first kappa shape index (κ1) is 12.4. The van der Waals surface area contributed by atoms with Gasteiger partial charge in [-0.3, -0.25) is 10.1 Å². The molecule has 0 spiro atoms. The molecule has 7 nitrogen and oxygen atoms in total. The minimum Gasteiger partial charge on any atom is -0.354 e. The molecule has 7 heteroatoms. The molecule has 0 amide bonds. The van der Waals surface area contributed by atoms with Gasteiger partial charge in [0.1, 0.15) is 5.69 Å².